The Balaban J connectivity index is 1.58. The number of methoxy groups -OCH3 is 1. The van der Waals surface area contributed by atoms with Gasteiger partial charge in [-0.2, -0.15) is 0 Å². The summed E-state index contributed by atoms with van der Waals surface area (Å²) in [6.07, 6.45) is 6.23. The van der Waals surface area contributed by atoms with Crippen molar-refractivity contribution in [1.29, 1.82) is 0 Å². The van der Waals surface area contributed by atoms with Crippen LogP contribution in [0.1, 0.15) is 42.4 Å². The third kappa shape index (κ3) is 4.80. The van der Waals surface area contributed by atoms with Crippen LogP contribution in [0.15, 0.2) is 42.7 Å². The molecule has 25 heavy (non-hydrogen) atoms. The minimum Gasteiger partial charge on any atom is -0.496 e. The van der Waals surface area contributed by atoms with E-state index >= 15 is 0 Å². The van der Waals surface area contributed by atoms with Crippen LogP contribution in [0.5, 0.6) is 5.75 Å². The van der Waals surface area contributed by atoms with Gasteiger partial charge in [0.05, 0.1) is 13.7 Å². The van der Waals surface area contributed by atoms with Crippen molar-refractivity contribution in [2.75, 3.05) is 26.8 Å². The molecule has 1 saturated heterocycles. The molecule has 0 aliphatic carbocycles. The maximum Gasteiger partial charge on any atom is 0.124 e. The van der Waals surface area contributed by atoms with Crippen LogP contribution in [0.4, 0.5) is 0 Å². The SMILES string of the molecule is CCOCc1cc(CN2CCC(c3ccncc3)CC2)ccc1OC. The van der Waals surface area contributed by atoms with E-state index in [1.807, 2.05) is 19.3 Å². The van der Waals surface area contributed by atoms with Gasteiger partial charge in [0.2, 0.25) is 0 Å². The largest absolute Gasteiger partial charge is 0.496 e. The van der Waals surface area contributed by atoms with Gasteiger partial charge in [-0.05, 0) is 74.2 Å². The van der Waals surface area contributed by atoms with Crippen molar-refractivity contribution >= 4 is 0 Å². The quantitative estimate of drug-likeness (QED) is 0.763. The van der Waals surface area contributed by atoms with Gasteiger partial charge in [0.1, 0.15) is 5.75 Å². The number of benzene rings is 1. The lowest BCUT2D eigenvalue weighted by Crippen LogP contribution is -2.32. The van der Waals surface area contributed by atoms with Gasteiger partial charge >= 0.3 is 0 Å². The summed E-state index contributed by atoms with van der Waals surface area (Å²) in [6, 6.07) is 10.8. The molecule has 0 spiro atoms. The van der Waals surface area contributed by atoms with Crippen LogP contribution in [-0.2, 0) is 17.9 Å². The summed E-state index contributed by atoms with van der Waals surface area (Å²) in [5.74, 6) is 1.58. The van der Waals surface area contributed by atoms with E-state index in [9.17, 15) is 0 Å². The zero-order valence-corrected chi connectivity index (χ0v) is 15.3. The van der Waals surface area contributed by atoms with Crippen LogP contribution in [0, 0.1) is 0 Å². The number of ether oxygens (including phenoxy) is 2. The highest BCUT2D eigenvalue weighted by Crippen LogP contribution is 2.29. The van der Waals surface area contributed by atoms with Gasteiger partial charge in [0.25, 0.3) is 0 Å². The van der Waals surface area contributed by atoms with E-state index in [1.165, 1.54) is 24.0 Å². The van der Waals surface area contributed by atoms with Crippen molar-refractivity contribution in [1.82, 2.24) is 9.88 Å². The highest BCUT2D eigenvalue weighted by molar-refractivity contribution is 5.37. The Hall–Kier alpha value is -1.91. The fourth-order valence-electron chi connectivity index (χ4n) is 3.57. The van der Waals surface area contributed by atoms with Gasteiger partial charge in [-0.25, -0.2) is 0 Å². The molecule has 1 aliphatic heterocycles. The molecule has 1 aromatic carbocycles. The molecule has 2 aromatic rings. The van der Waals surface area contributed by atoms with E-state index in [0.29, 0.717) is 12.5 Å². The number of pyridine rings is 1. The predicted octanol–water partition coefficient (Wildman–Crippen LogP) is 4.01. The topological polar surface area (TPSA) is 34.6 Å². The second kappa shape index (κ2) is 8.97. The summed E-state index contributed by atoms with van der Waals surface area (Å²) in [5, 5.41) is 0. The van der Waals surface area contributed by atoms with E-state index in [0.717, 1.165) is 37.6 Å². The third-order valence-electron chi connectivity index (χ3n) is 4.98. The number of aromatic nitrogens is 1. The Kier molecular flexibility index (Phi) is 6.42. The van der Waals surface area contributed by atoms with Gasteiger partial charge in [-0.1, -0.05) is 6.07 Å². The highest BCUT2D eigenvalue weighted by Gasteiger charge is 2.20. The van der Waals surface area contributed by atoms with Gasteiger partial charge in [0, 0.05) is 31.1 Å². The summed E-state index contributed by atoms with van der Waals surface area (Å²) in [7, 11) is 1.72. The lowest BCUT2D eigenvalue weighted by atomic mass is 9.90. The summed E-state index contributed by atoms with van der Waals surface area (Å²) in [5.41, 5.74) is 3.89. The number of hydrogen-bond donors (Lipinski definition) is 0. The van der Waals surface area contributed by atoms with Crippen LogP contribution >= 0.6 is 0 Å². The van der Waals surface area contributed by atoms with Crippen molar-refractivity contribution in [2.45, 2.75) is 38.8 Å². The summed E-state index contributed by atoms with van der Waals surface area (Å²) >= 11 is 0. The molecular formula is C21H28N2O2. The first-order valence-electron chi connectivity index (χ1n) is 9.16. The fourth-order valence-corrected chi connectivity index (χ4v) is 3.57. The molecule has 0 N–H and O–H groups in total. The van der Waals surface area contributed by atoms with Gasteiger partial charge in [-0.3, -0.25) is 9.88 Å². The minimum absolute atomic E-state index is 0.609. The number of nitrogens with zero attached hydrogens (tertiary/aromatic N) is 2. The fraction of sp³-hybridized carbons (Fsp3) is 0.476. The molecule has 0 saturated carbocycles. The van der Waals surface area contributed by atoms with E-state index in [4.69, 9.17) is 9.47 Å². The number of hydrogen-bond acceptors (Lipinski definition) is 4. The minimum atomic E-state index is 0.609. The molecule has 4 heteroatoms. The van der Waals surface area contributed by atoms with E-state index in [2.05, 4.69) is 40.2 Å². The van der Waals surface area contributed by atoms with Crippen LogP contribution in [0.25, 0.3) is 0 Å². The monoisotopic (exact) mass is 340 g/mol. The van der Waals surface area contributed by atoms with Gasteiger partial charge in [0.15, 0.2) is 0 Å². The lowest BCUT2D eigenvalue weighted by molar-refractivity contribution is 0.131. The standard InChI is InChI=1S/C21H28N2O2/c1-3-25-16-20-14-17(4-5-21(20)24-2)15-23-12-8-19(9-13-23)18-6-10-22-11-7-18/h4-7,10-11,14,19H,3,8-9,12-13,15-16H2,1-2H3. The second-order valence-corrected chi connectivity index (χ2v) is 6.61. The molecule has 1 aromatic heterocycles. The van der Waals surface area contributed by atoms with Crippen LogP contribution in [0.3, 0.4) is 0 Å². The Labute approximate surface area is 150 Å². The Morgan fingerprint density at radius 1 is 1.12 bits per heavy atom. The van der Waals surface area contributed by atoms with Crippen molar-refractivity contribution in [3.05, 3.63) is 59.4 Å². The van der Waals surface area contributed by atoms with Crippen molar-refractivity contribution < 1.29 is 9.47 Å². The molecule has 0 amide bonds. The van der Waals surface area contributed by atoms with Crippen LogP contribution in [-0.4, -0.2) is 36.7 Å². The van der Waals surface area contributed by atoms with E-state index < -0.39 is 0 Å². The molecule has 134 valence electrons. The molecule has 0 radical (unpaired) electrons. The molecule has 0 unspecified atom stereocenters. The zero-order valence-electron chi connectivity index (χ0n) is 15.3. The average Bonchev–Trinajstić information content (AvgIpc) is 2.68. The van der Waals surface area contributed by atoms with E-state index in [1.54, 1.807) is 7.11 Å². The van der Waals surface area contributed by atoms with Gasteiger partial charge in [-0.15, -0.1) is 0 Å². The van der Waals surface area contributed by atoms with Crippen LogP contribution in [0.2, 0.25) is 0 Å². The summed E-state index contributed by atoms with van der Waals surface area (Å²) < 4.78 is 11.0. The number of rotatable bonds is 7. The molecule has 1 aliphatic rings. The normalized spacial score (nSPS) is 16.1. The first-order valence-corrected chi connectivity index (χ1v) is 9.16. The van der Waals surface area contributed by atoms with Crippen molar-refractivity contribution in [3.8, 4) is 5.75 Å². The predicted molar refractivity (Wildman–Crippen MR) is 99.8 cm³/mol. The number of likely N-dealkylation sites (tertiary alicyclic amines) is 1. The molecule has 3 rings (SSSR count). The lowest BCUT2D eigenvalue weighted by Gasteiger charge is -2.32. The summed E-state index contributed by atoms with van der Waals surface area (Å²) in [6.45, 7) is 6.61. The molecule has 1 fully saturated rings. The average molecular weight is 340 g/mol. The Bertz CT molecular complexity index is 652. The molecule has 0 atom stereocenters. The van der Waals surface area contributed by atoms with Crippen molar-refractivity contribution in [2.24, 2.45) is 0 Å². The molecular weight excluding hydrogens is 312 g/mol. The Morgan fingerprint density at radius 2 is 1.88 bits per heavy atom. The molecule has 2 heterocycles. The van der Waals surface area contributed by atoms with Gasteiger partial charge < -0.3 is 9.47 Å². The summed E-state index contributed by atoms with van der Waals surface area (Å²) in [4.78, 5) is 6.67. The number of piperidine rings is 1. The second-order valence-electron chi connectivity index (χ2n) is 6.61. The van der Waals surface area contributed by atoms with E-state index in [-0.39, 0.29) is 0 Å². The maximum absolute atomic E-state index is 5.57. The third-order valence-corrected chi connectivity index (χ3v) is 4.98. The molecule has 4 nitrogen and oxygen atoms in total. The maximum atomic E-state index is 5.57. The highest BCUT2D eigenvalue weighted by atomic mass is 16.5. The van der Waals surface area contributed by atoms with Crippen molar-refractivity contribution in [3.63, 3.8) is 0 Å². The zero-order chi connectivity index (χ0) is 17.5. The first-order chi connectivity index (χ1) is 12.3. The Morgan fingerprint density at radius 3 is 2.56 bits per heavy atom. The first kappa shape index (κ1) is 17.9. The molecule has 0 bridgehead atoms. The van der Waals surface area contributed by atoms with Crippen LogP contribution < -0.4 is 4.74 Å². The smallest absolute Gasteiger partial charge is 0.124 e.